The summed E-state index contributed by atoms with van der Waals surface area (Å²) in [5.74, 6) is 1.01. The van der Waals surface area contributed by atoms with Crippen molar-refractivity contribution in [2.45, 2.75) is 12.2 Å². The maximum atomic E-state index is 13.0. The molecule has 4 N–H and O–H groups in total. The Bertz CT molecular complexity index is 765. The first-order valence-corrected chi connectivity index (χ1v) is 9.31. The van der Waals surface area contributed by atoms with Crippen molar-refractivity contribution in [2.24, 2.45) is 0 Å². The fraction of sp³-hybridized carbons (Fsp3) is 0.333. The van der Waals surface area contributed by atoms with Crippen LogP contribution in [-0.4, -0.2) is 54.2 Å². The Labute approximate surface area is 162 Å². The molecule has 1 aromatic heterocycles. The minimum Gasteiger partial charge on any atom is -0.367 e. The van der Waals surface area contributed by atoms with E-state index in [1.54, 1.807) is 6.20 Å². The van der Waals surface area contributed by atoms with E-state index < -0.39 is 6.04 Å². The van der Waals surface area contributed by atoms with E-state index >= 15 is 0 Å². The maximum Gasteiger partial charge on any atom is 0.244 e. The van der Waals surface area contributed by atoms with Gasteiger partial charge in [0.1, 0.15) is 18.0 Å². The molecule has 27 heavy (non-hydrogen) atoms. The lowest BCUT2D eigenvalue weighted by Crippen LogP contribution is -2.57. The lowest BCUT2D eigenvalue weighted by Gasteiger charge is -2.37. The molecule has 2 aromatic rings. The van der Waals surface area contributed by atoms with E-state index in [1.165, 1.54) is 0 Å². The van der Waals surface area contributed by atoms with Crippen molar-refractivity contribution in [3.63, 3.8) is 0 Å². The van der Waals surface area contributed by atoms with Crippen LogP contribution in [0, 0.1) is 0 Å². The molecule has 2 aliphatic rings. The van der Waals surface area contributed by atoms with E-state index in [0.717, 1.165) is 24.6 Å². The molecule has 1 amide bonds. The lowest BCUT2D eigenvalue weighted by atomic mass is 10.1. The molecule has 0 spiro atoms. The van der Waals surface area contributed by atoms with Crippen molar-refractivity contribution < 1.29 is 4.79 Å². The molecule has 0 bridgehead atoms. The number of hydrogen-bond donors (Lipinski definition) is 4. The van der Waals surface area contributed by atoms with E-state index in [9.17, 15) is 4.79 Å². The van der Waals surface area contributed by atoms with Crippen molar-refractivity contribution >= 4 is 29.0 Å². The lowest BCUT2D eigenvalue weighted by molar-refractivity contribution is -0.133. The Morgan fingerprint density at radius 3 is 2.56 bits per heavy atom. The third-order valence-electron chi connectivity index (χ3n) is 4.79. The number of nitrogens with one attached hydrogen (secondary N) is 4. The van der Waals surface area contributed by atoms with Gasteiger partial charge in [0, 0.05) is 43.1 Å². The Hall–Kier alpha value is -2.39. The van der Waals surface area contributed by atoms with Crippen LogP contribution in [0.4, 0.5) is 11.5 Å². The van der Waals surface area contributed by atoms with Crippen LogP contribution in [0.3, 0.4) is 0 Å². The number of rotatable bonds is 4. The van der Waals surface area contributed by atoms with Gasteiger partial charge in [-0.3, -0.25) is 4.79 Å². The second kappa shape index (κ2) is 8.10. The number of aromatic nitrogens is 1. The first-order chi connectivity index (χ1) is 13.2. The second-order valence-electron chi connectivity index (χ2n) is 6.52. The summed E-state index contributed by atoms with van der Waals surface area (Å²) in [7, 11) is 0. The molecule has 8 nitrogen and oxygen atoms in total. The number of halogens is 1. The first kappa shape index (κ1) is 18.0. The molecule has 0 radical (unpaired) electrons. The summed E-state index contributed by atoms with van der Waals surface area (Å²) in [6.07, 6.45) is 1.52. The number of pyridine rings is 1. The molecule has 0 saturated carbocycles. The van der Waals surface area contributed by atoms with Crippen molar-refractivity contribution in [1.29, 1.82) is 0 Å². The van der Waals surface area contributed by atoms with E-state index in [2.05, 4.69) is 31.6 Å². The van der Waals surface area contributed by atoms with Crippen LogP contribution < -0.4 is 26.6 Å². The van der Waals surface area contributed by atoms with Gasteiger partial charge in [-0.15, -0.1) is 0 Å². The number of anilines is 2. The molecule has 9 heteroatoms. The minimum absolute atomic E-state index is 0.0552. The van der Waals surface area contributed by atoms with Crippen molar-refractivity contribution in [1.82, 2.24) is 26.3 Å². The predicted molar refractivity (Wildman–Crippen MR) is 105 cm³/mol. The highest BCUT2D eigenvalue weighted by atomic mass is 35.5. The molecule has 142 valence electrons. The number of carbonyl (C=O) groups is 1. The summed E-state index contributed by atoms with van der Waals surface area (Å²) in [5, 5.41) is 3.99. The number of hydrogen-bond acceptors (Lipinski definition) is 7. The van der Waals surface area contributed by atoms with Crippen LogP contribution in [0.15, 0.2) is 48.7 Å². The Morgan fingerprint density at radius 1 is 1.07 bits per heavy atom. The van der Waals surface area contributed by atoms with E-state index in [-0.39, 0.29) is 12.1 Å². The molecule has 3 heterocycles. The van der Waals surface area contributed by atoms with E-state index in [0.29, 0.717) is 18.1 Å². The van der Waals surface area contributed by atoms with E-state index in [1.807, 2.05) is 47.4 Å². The standard InChI is InChI=1S/C18H22ClN7O/c19-13-4-6-14(7-5-13)21-17-16(22-24-23-17)18(27)26-11-9-25(10-12-26)15-3-1-2-8-20-15/h1-8,16-17,21-24H,9-12H2. The van der Waals surface area contributed by atoms with Crippen molar-refractivity contribution in [3.05, 3.63) is 53.7 Å². The molecule has 2 saturated heterocycles. The number of benzene rings is 1. The second-order valence-corrected chi connectivity index (χ2v) is 6.96. The molecular weight excluding hydrogens is 366 g/mol. The molecule has 0 aliphatic carbocycles. The largest absolute Gasteiger partial charge is 0.367 e. The molecule has 2 aliphatic heterocycles. The van der Waals surface area contributed by atoms with Crippen LogP contribution in [0.25, 0.3) is 0 Å². The van der Waals surface area contributed by atoms with Gasteiger partial charge < -0.3 is 15.1 Å². The molecule has 1 aromatic carbocycles. The summed E-state index contributed by atoms with van der Waals surface area (Å²) in [6, 6.07) is 12.9. The Balaban J connectivity index is 1.35. The predicted octanol–water partition coefficient (Wildman–Crippen LogP) is 0.803. The minimum atomic E-state index is -0.415. The summed E-state index contributed by atoms with van der Waals surface area (Å²) in [5.41, 5.74) is 9.80. The number of hydrazine groups is 2. The van der Waals surface area contributed by atoms with Gasteiger partial charge in [-0.2, -0.15) is 5.53 Å². The van der Waals surface area contributed by atoms with Gasteiger partial charge in [0.2, 0.25) is 5.91 Å². The Morgan fingerprint density at radius 2 is 1.85 bits per heavy atom. The highest BCUT2D eigenvalue weighted by molar-refractivity contribution is 6.30. The van der Waals surface area contributed by atoms with Crippen molar-refractivity contribution in [3.8, 4) is 0 Å². The summed E-state index contributed by atoms with van der Waals surface area (Å²) in [4.78, 5) is 21.5. The fourth-order valence-electron chi connectivity index (χ4n) is 3.31. The van der Waals surface area contributed by atoms with Crippen LogP contribution in [0.5, 0.6) is 0 Å². The van der Waals surface area contributed by atoms with Gasteiger partial charge in [-0.05, 0) is 36.4 Å². The van der Waals surface area contributed by atoms with Crippen LogP contribution >= 0.6 is 11.6 Å². The monoisotopic (exact) mass is 387 g/mol. The fourth-order valence-corrected chi connectivity index (χ4v) is 3.43. The molecule has 4 rings (SSSR count). The SMILES string of the molecule is O=C(C1NNNC1Nc1ccc(Cl)cc1)N1CCN(c2ccccn2)CC1. The third-order valence-corrected chi connectivity index (χ3v) is 5.04. The number of carbonyl (C=O) groups excluding carboxylic acids is 1. The number of nitrogens with zero attached hydrogens (tertiary/aromatic N) is 3. The topological polar surface area (TPSA) is 84.6 Å². The molecule has 2 unspecified atom stereocenters. The average molecular weight is 388 g/mol. The van der Waals surface area contributed by atoms with Gasteiger partial charge in [0.25, 0.3) is 0 Å². The van der Waals surface area contributed by atoms with Crippen LogP contribution in [0.2, 0.25) is 5.02 Å². The zero-order valence-corrected chi connectivity index (χ0v) is 15.5. The maximum absolute atomic E-state index is 13.0. The van der Waals surface area contributed by atoms with Crippen LogP contribution in [-0.2, 0) is 4.79 Å². The van der Waals surface area contributed by atoms with E-state index in [4.69, 9.17) is 11.6 Å². The van der Waals surface area contributed by atoms with Crippen LogP contribution in [0.1, 0.15) is 0 Å². The van der Waals surface area contributed by atoms with Gasteiger partial charge in [0.15, 0.2) is 0 Å². The van der Waals surface area contributed by atoms with Gasteiger partial charge in [0.05, 0.1) is 0 Å². The van der Waals surface area contributed by atoms with Gasteiger partial charge in [-0.1, -0.05) is 17.7 Å². The zero-order chi connectivity index (χ0) is 18.6. The molecule has 2 atom stereocenters. The van der Waals surface area contributed by atoms with Crippen molar-refractivity contribution in [2.75, 3.05) is 36.4 Å². The van der Waals surface area contributed by atoms with Gasteiger partial charge >= 0.3 is 0 Å². The number of piperazine rings is 1. The summed E-state index contributed by atoms with van der Waals surface area (Å²) >= 11 is 5.93. The van der Waals surface area contributed by atoms with Gasteiger partial charge in [-0.25, -0.2) is 15.8 Å². The quantitative estimate of drug-likeness (QED) is 0.617. The summed E-state index contributed by atoms with van der Waals surface area (Å²) in [6.45, 7) is 2.87. The first-order valence-electron chi connectivity index (χ1n) is 8.94. The average Bonchev–Trinajstić information content (AvgIpc) is 3.18. The summed E-state index contributed by atoms with van der Waals surface area (Å²) < 4.78 is 0. The molecular formula is C18H22ClN7O. The molecule has 2 fully saturated rings. The third kappa shape index (κ3) is 4.14. The number of amides is 1. The normalized spacial score (nSPS) is 22.7. The highest BCUT2D eigenvalue weighted by Gasteiger charge is 2.36. The smallest absolute Gasteiger partial charge is 0.244 e. The zero-order valence-electron chi connectivity index (χ0n) is 14.7. The Kier molecular flexibility index (Phi) is 5.40. The highest BCUT2D eigenvalue weighted by Crippen LogP contribution is 2.17.